The minimum absolute atomic E-state index is 0.0373. The second-order valence-electron chi connectivity index (χ2n) is 6.45. The first-order valence-electron chi connectivity index (χ1n) is 8.09. The van der Waals surface area contributed by atoms with Crippen molar-refractivity contribution in [3.8, 4) is 0 Å². The maximum Gasteiger partial charge on any atom is 0.229 e. The fraction of sp³-hybridized carbons (Fsp3) is 0.294. The average molecular weight is 483 g/mol. The number of nitrogens with two attached hydrogens (primary N) is 1. The lowest BCUT2D eigenvalue weighted by Gasteiger charge is -2.07. The highest BCUT2D eigenvalue weighted by Crippen LogP contribution is 2.54. The average Bonchev–Trinajstić information content (AvgIpc) is 3.05. The van der Waals surface area contributed by atoms with Gasteiger partial charge in [0, 0.05) is 29.6 Å². The zero-order valence-corrected chi connectivity index (χ0v) is 16.8. The second kappa shape index (κ2) is 6.66. The van der Waals surface area contributed by atoms with Crippen molar-refractivity contribution >= 4 is 62.5 Å². The van der Waals surface area contributed by atoms with Crippen LogP contribution >= 0.6 is 34.2 Å². The number of halogens is 2. The molecular weight excluding hydrogens is 467 g/mol. The summed E-state index contributed by atoms with van der Waals surface area (Å²) in [6.45, 7) is 2.08. The Morgan fingerprint density at radius 2 is 2.23 bits per heavy atom. The molecule has 3 atom stereocenters. The van der Waals surface area contributed by atoms with Gasteiger partial charge in [-0.25, -0.2) is 9.97 Å². The number of nitrogens with one attached hydrogen (secondary N) is 1. The van der Waals surface area contributed by atoms with Crippen LogP contribution in [-0.2, 0) is 9.35 Å². The number of pyridine rings is 2. The number of carbonyl (C=O) groups excluding carboxylic acids is 1. The Hall–Kier alpha value is -1.94. The van der Waals surface area contributed by atoms with E-state index in [4.69, 9.17) is 17.3 Å². The number of carbonyl (C=O) groups is 1. The molecule has 3 heterocycles. The van der Waals surface area contributed by atoms with Crippen molar-refractivity contribution in [3.63, 3.8) is 0 Å². The summed E-state index contributed by atoms with van der Waals surface area (Å²) in [5.74, 6) is 1.15. The summed E-state index contributed by atoms with van der Waals surface area (Å²) < 4.78 is 2.65. The second-order valence-corrected chi connectivity index (χ2v) is 7.52. The van der Waals surface area contributed by atoms with Crippen molar-refractivity contribution in [1.82, 2.24) is 19.7 Å². The fourth-order valence-corrected chi connectivity index (χ4v) is 3.99. The molecule has 7 nitrogen and oxygen atoms in total. The van der Waals surface area contributed by atoms with E-state index in [1.807, 2.05) is 17.1 Å². The van der Waals surface area contributed by atoms with Gasteiger partial charge in [-0.3, -0.25) is 9.48 Å². The first-order chi connectivity index (χ1) is 12.5. The van der Waals surface area contributed by atoms with Crippen LogP contribution in [0.4, 0.5) is 11.6 Å². The molecule has 3 aromatic rings. The van der Waals surface area contributed by atoms with Gasteiger partial charge in [0.15, 0.2) is 0 Å². The standard InChI is InChI=1S/C17H16ClIN6O/c1-8-14(10-4-22-25(6-10)7-19)15(8)17(26)24-13-3-9-2-12(18)23-16(20)11(9)5-21-13/h2-6,8,14-15H,7H2,1H3,(H2,20,23)(H,21,24,26). The van der Waals surface area contributed by atoms with Gasteiger partial charge in [0.1, 0.15) is 16.8 Å². The molecule has 3 N–H and O–H groups in total. The van der Waals surface area contributed by atoms with E-state index < -0.39 is 0 Å². The lowest BCUT2D eigenvalue weighted by molar-refractivity contribution is -0.117. The van der Waals surface area contributed by atoms with E-state index in [-0.39, 0.29) is 23.7 Å². The molecule has 3 unspecified atom stereocenters. The van der Waals surface area contributed by atoms with Crippen LogP contribution in [-0.4, -0.2) is 25.7 Å². The van der Waals surface area contributed by atoms with Gasteiger partial charge in [-0.15, -0.1) is 0 Å². The summed E-state index contributed by atoms with van der Waals surface area (Å²) in [7, 11) is 0. The summed E-state index contributed by atoms with van der Waals surface area (Å²) >= 11 is 8.21. The van der Waals surface area contributed by atoms with E-state index in [1.165, 1.54) is 0 Å². The molecule has 134 valence electrons. The predicted octanol–water partition coefficient (Wildman–Crippen LogP) is 3.44. The van der Waals surface area contributed by atoms with Gasteiger partial charge in [-0.05, 0) is 29.0 Å². The molecule has 26 heavy (non-hydrogen) atoms. The first kappa shape index (κ1) is 17.5. The number of hydrogen-bond donors (Lipinski definition) is 2. The lowest BCUT2D eigenvalue weighted by atomic mass is 10.2. The normalized spacial score (nSPS) is 21.7. The molecule has 0 saturated heterocycles. The highest BCUT2D eigenvalue weighted by atomic mass is 127. The van der Waals surface area contributed by atoms with Crippen molar-refractivity contribution in [2.24, 2.45) is 11.8 Å². The Morgan fingerprint density at radius 1 is 1.42 bits per heavy atom. The molecule has 1 aliphatic carbocycles. The van der Waals surface area contributed by atoms with Crippen LogP contribution < -0.4 is 11.1 Å². The number of amides is 1. The maximum atomic E-state index is 12.7. The Bertz CT molecular complexity index is 1010. The molecule has 1 fully saturated rings. The van der Waals surface area contributed by atoms with Gasteiger partial charge in [-0.1, -0.05) is 41.1 Å². The zero-order chi connectivity index (χ0) is 18.4. The first-order valence-corrected chi connectivity index (χ1v) is 9.99. The summed E-state index contributed by atoms with van der Waals surface area (Å²) in [5.41, 5.74) is 6.95. The summed E-state index contributed by atoms with van der Waals surface area (Å²) in [6, 6.07) is 3.46. The molecule has 9 heteroatoms. The number of rotatable bonds is 4. The third-order valence-electron chi connectivity index (χ3n) is 4.81. The van der Waals surface area contributed by atoms with Crippen LogP contribution in [0, 0.1) is 11.8 Å². The minimum Gasteiger partial charge on any atom is -0.383 e. The van der Waals surface area contributed by atoms with Crippen LogP contribution in [0.3, 0.4) is 0 Å². The highest BCUT2D eigenvalue weighted by Gasteiger charge is 2.52. The van der Waals surface area contributed by atoms with Crippen molar-refractivity contribution in [2.45, 2.75) is 17.4 Å². The van der Waals surface area contributed by atoms with E-state index in [2.05, 4.69) is 49.9 Å². The number of fused-ring (bicyclic) bond motifs is 1. The van der Waals surface area contributed by atoms with Gasteiger partial charge in [0.05, 0.1) is 10.7 Å². The molecule has 1 aliphatic rings. The molecule has 0 bridgehead atoms. The van der Waals surface area contributed by atoms with Crippen LogP contribution in [0.2, 0.25) is 5.15 Å². The monoisotopic (exact) mass is 482 g/mol. The number of hydrogen-bond acceptors (Lipinski definition) is 5. The van der Waals surface area contributed by atoms with Crippen LogP contribution in [0.1, 0.15) is 18.4 Å². The van der Waals surface area contributed by atoms with E-state index in [1.54, 1.807) is 18.3 Å². The summed E-state index contributed by atoms with van der Waals surface area (Å²) in [5, 5.41) is 9.00. The maximum absolute atomic E-state index is 12.7. The van der Waals surface area contributed by atoms with E-state index in [0.29, 0.717) is 22.2 Å². The van der Waals surface area contributed by atoms with Crippen molar-refractivity contribution in [3.05, 3.63) is 41.4 Å². The molecule has 0 spiro atoms. The molecule has 0 aliphatic heterocycles. The molecule has 4 rings (SSSR count). The van der Waals surface area contributed by atoms with Gasteiger partial charge in [0.2, 0.25) is 5.91 Å². The largest absolute Gasteiger partial charge is 0.383 e. The summed E-state index contributed by atoms with van der Waals surface area (Å²) in [6.07, 6.45) is 5.45. The Kier molecular flexibility index (Phi) is 4.47. The molecular formula is C17H16ClIN6O. The SMILES string of the molecule is CC1C(C(=O)Nc2cc3cc(Cl)nc(N)c3cn2)C1c1cnn(CI)c1. The van der Waals surface area contributed by atoms with Crippen LogP contribution in [0.25, 0.3) is 10.8 Å². The quantitative estimate of drug-likeness (QED) is 0.337. The minimum atomic E-state index is -0.0783. The number of aromatic nitrogens is 4. The molecule has 3 aromatic heterocycles. The molecule has 1 saturated carbocycles. The topological polar surface area (TPSA) is 98.7 Å². The van der Waals surface area contributed by atoms with E-state index >= 15 is 0 Å². The Morgan fingerprint density at radius 3 is 2.96 bits per heavy atom. The Labute approximate surface area is 168 Å². The number of nitrogen functional groups attached to an aromatic ring is 1. The van der Waals surface area contributed by atoms with Gasteiger partial charge < -0.3 is 11.1 Å². The molecule has 1 amide bonds. The van der Waals surface area contributed by atoms with Gasteiger partial charge in [-0.2, -0.15) is 5.10 Å². The van der Waals surface area contributed by atoms with E-state index in [9.17, 15) is 4.79 Å². The van der Waals surface area contributed by atoms with Gasteiger partial charge in [0.25, 0.3) is 0 Å². The molecule has 0 radical (unpaired) electrons. The fourth-order valence-electron chi connectivity index (χ4n) is 3.41. The summed E-state index contributed by atoms with van der Waals surface area (Å²) in [4.78, 5) is 20.9. The Balaban J connectivity index is 1.52. The molecule has 0 aromatic carbocycles. The van der Waals surface area contributed by atoms with Crippen molar-refractivity contribution < 1.29 is 4.79 Å². The predicted molar refractivity (Wildman–Crippen MR) is 109 cm³/mol. The van der Waals surface area contributed by atoms with Crippen molar-refractivity contribution in [2.75, 3.05) is 11.1 Å². The van der Waals surface area contributed by atoms with Crippen molar-refractivity contribution in [1.29, 1.82) is 0 Å². The third-order valence-corrected chi connectivity index (χ3v) is 5.70. The van der Waals surface area contributed by atoms with Crippen LogP contribution in [0.5, 0.6) is 0 Å². The van der Waals surface area contributed by atoms with E-state index in [0.717, 1.165) is 15.5 Å². The highest BCUT2D eigenvalue weighted by molar-refractivity contribution is 14.1. The zero-order valence-electron chi connectivity index (χ0n) is 13.9. The number of anilines is 2. The number of alkyl halides is 1. The lowest BCUT2D eigenvalue weighted by Crippen LogP contribution is -2.16. The third kappa shape index (κ3) is 3.11. The van der Waals surface area contributed by atoms with Gasteiger partial charge >= 0.3 is 0 Å². The van der Waals surface area contributed by atoms with Crippen LogP contribution in [0.15, 0.2) is 30.7 Å². The number of nitrogens with zero attached hydrogens (tertiary/aromatic N) is 4. The smallest absolute Gasteiger partial charge is 0.229 e.